The van der Waals surface area contributed by atoms with E-state index >= 15 is 0 Å². The number of piperidine rings is 1. The molecule has 4 rings (SSSR count). The lowest BCUT2D eigenvalue weighted by atomic mass is 10.1. The highest BCUT2D eigenvalue weighted by molar-refractivity contribution is 6.32. The Morgan fingerprint density at radius 2 is 1.97 bits per heavy atom. The summed E-state index contributed by atoms with van der Waals surface area (Å²) in [4.78, 5) is 2.13. The number of nitrogens with one attached hydrogen (secondary N) is 1. The second-order valence-electron chi connectivity index (χ2n) is 6.94. The molecule has 0 amide bonds. The lowest BCUT2D eigenvalue weighted by Gasteiger charge is -2.31. The molecule has 0 spiro atoms. The highest BCUT2D eigenvalue weighted by Gasteiger charge is 2.21. The molecule has 1 saturated heterocycles. The first-order valence-corrected chi connectivity index (χ1v) is 9.71. The van der Waals surface area contributed by atoms with Crippen LogP contribution in [0, 0.1) is 11.3 Å². The van der Waals surface area contributed by atoms with Crippen molar-refractivity contribution in [1.82, 2.24) is 10.2 Å². The van der Waals surface area contributed by atoms with Gasteiger partial charge in [-0.2, -0.15) is 5.26 Å². The van der Waals surface area contributed by atoms with Crippen LogP contribution in [0.25, 0.3) is 10.8 Å². The summed E-state index contributed by atoms with van der Waals surface area (Å²) in [5, 5.41) is 33.4. The number of hydrogen-bond acceptors (Lipinski definition) is 7. The van der Waals surface area contributed by atoms with Crippen molar-refractivity contribution in [1.29, 1.82) is 5.26 Å². The monoisotopic (exact) mass is 409 g/mol. The molecule has 1 aliphatic heterocycles. The maximum absolute atomic E-state index is 9.79. The molecule has 0 radical (unpaired) electrons. The fourth-order valence-corrected chi connectivity index (χ4v) is 3.75. The SMILES string of the molecule is COc1ccc(Nc2nnc(N3CCC(O)CC3)c3ccc(C#N)cc23)cc1Cl. The molecule has 0 atom stereocenters. The van der Waals surface area contributed by atoms with Gasteiger partial charge >= 0.3 is 0 Å². The number of halogens is 1. The number of benzene rings is 2. The minimum Gasteiger partial charge on any atom is -0.495 e. The first-order chi connectivity index (χ1) is 14.1. The molecule has 1 fully saturated rings. The van der Waals surface area contributed by atoms with Crippen LogP contribution in [0.4, 0.5) is 17.3 Å². The Kier molecular flexibility index (Phi) is 5.38. The van der Waals surface area contributed by atoms with E-state index in [0.717, 1.165) is 22.3 Å². The van der Waals surface area contributed by atoms with Crippen LogP contribution in [-0.4, -0.2) is 41.6 Å². The standard InChI is InChI=1S/C21H20ClN5O2/c1-29-19-5-3-14(11-18(19)22)24-20-17-10-13(12-23)2-4-16(17)21(26-25-20)27-8-6-15(28)7-9-27/h2-5,10-11,15,28H,6-9H2,1H3,(H,24,25). The van der Waals surface area contributed by atoms with Crippen LogP contribution < -0.4 is 15.0 Å². The molecule has 0 bridgehead atoms. The number of anilines is 3. The number of ether oxygens (including phenoxy) is 1. The topological polar surface area (TPSA) is 94.3 Å². The van der Waals surface area contributed by atoms with E-state index in [1.807, 2.05) is 12.1 Å². The van der Waals surface area contributed by atoms with Crippen LogP contribution in [-0.2, 0) is 0 Å². The Morgan fingerprint density at radius 1 is 1.17 bits per heavy atom. The number of aliphatic hydroxyl groups is 1. The molecule has 0 saturated carbocycles. The molecule has 8 heteroatoms. The fourth-order valence-electron chi connectivity index (χ4n) is 3.49. The molecule has 1 aromatic heterocycles. The van der Waals surface area contributed by atoms with Gasteiger partial charge in [-0.05, 0) is 49.2 Å². The van der Waals surface area contributed by atoms with E-state index in [4.69, 9.17) is 16.3 Å². The quantitative estimate of drug-likeness (QED) is 0.675. The molecule has 2 aromatic carbocycles. The number of aliphatic hydroxyl groups excluding tert-OH is 1. The van der Waals surface area contributed by atoms with Crippen molar-refractivity contribution >= 4 is 39.7 Å². The lowest BCUT2D eigenvalue weighted by Crippen LogP contribution is -2.36. The highest BCUT2D eigenvalue weighted by atomic mass is 35.5. The summed E-state index contributed by atoms with van der Waals surface area (Å²) < 4.78 is 5.19. The second-order valence-corrected chi connectivity index (χ2v) is 7.34. The maximum Gasteiger partial charge on any atom is 0.161 e. The normalized spacial score (nSPS) is 14.6. The number of methoxy groups -OCH3 is 1. The Hall–Kier alpha value is -3.08. The average molecular weight is 410 g/mol. The zero-order valence-corrected chi connectivity index (χ0v) is 16.6. The molecule has 148 valence electrons. The second kappa shape index (κ2) is 8.11. The number of nitrogens with zero attached hydrogens (tertiary/aromatic N) is 4. The molecular weight excluding hydrogens is 390 g/mol. The van der Waals surface area contributed by atoms with Crippen molar-refractivity contribution in [3.05, 3.63) is 47.0 Å². The molecule has 0 aliphatic carbocycles. The highest BCUT2D eigenvalue weighted by Crippen LogP contribution is 2.34. The van der Waals surface area contributed by atoms with Crippen LogP contribution in [0.5, 0.6) is 5.75 Å². The Morgan fingerprint density at radius 3 is 2.66 bits per heavy atom. The summed E-state index contributed by atoms with van der Waals surface area (Å²) in [6, 6.07) is 13.0. The van der Waals surface area contributed by atoms with E-state index in [9.17, 15) is 10.4 Å². The van der Waals surface area contributed by atoms with E-state index in [1.165, 1.54) is 0 Å². The number of rotatable bonds is 4. The summed E-state index contributed by atoms with van der Waals surface area (Å²) >= 11 is 6.23. The van der Waals surface area contributed by atoms with Crippen LogP contribution in [0.1, 0.15) is 18.4 Å². The van der Waals surface area contributed by atoms with Gasteiger partial charge in [-0.3, -0.25) is 0 Å². The van der Waals surface area contributed by atoms with Gasteiger partial charge in [-0.15, -0.1) is 10.2 Å². The third-order valence-electron chi connectivity index (χ3n) is 5.07. The lowest BCUT2D eigenvalue weighted by molar-refractivity contribution is 0.145. The van der Waals surface area contributed by atoms with Gasteiger partial charge in [0, 0.05) is 29.5 Å². The van der Waals surface area contributed by atoms with Gasteiger partial charge in [-0.1, -0.05) is 11.6 Å². The van der Waals surface area contributed by atoms with E-state index in [-0.39, 0.29) is 6.10 Å². The van der Waals surface area contributed by atoms with E-state index in [2.05, 4.69) is 26.5 Å². The minimum absolute atomic E-state index is 0.267. The van der Waals surface area contributed by atoms with Gasteiger partial charge in [-0.25, -0.2) is 0 Å². The van der Waals surface area contributed by atoms with Crippen LogP contribution >= 0.6 is 11.6 Å². The zero-order valence-electron chi connectivity index (χ0n) is 15.9. The predicted octanol–water partition coefficient (Wildman–Crippen LogP) is 3.87. The van der Waals surface area contributed by atoms with E-state index in [0.29, 0.717) is 48.1 Å². The maximum atomic E-state index is 9.79. The van der Waals surface area contributed by atoms with Crippen molar-refractivity contribution in [2.75, 3.05) is 30.4 Å². The minimum atomic E-state index is -0.267. The average Bonchev–Trinajstić information content (AvgIpc) is 2.74. The summed E-state index contributed by atoms with van der Waals surface area (Å²) in [6.45, 7) is 1.43. The van der Waals surface area contributed by atoms with Gasteiger partial charge in [0.25, 0.3) is 0 Å². The predicted molar refractivity (Wildman–Crippen MR) is 113 cm³/mol. The molecule has 7 nitrogen and oxygen atoms in total. The Bertz CT molecular complexity index is 1090. The van der Waals surface area contributed by atoms with Crippen molar-refractivity contribution in [2.24, 2.45) is 0 Å². The van der Waals surface area contributed by atoms with Gasteiger partial charge in [0.1, 0.15) is 5.75 Å². The summed E-state index contributed by atoms with van der Waals surface area (Å²) in [7, 11) is 1.56. The summed E-state index contributed by atoms with van der Waals surface area (Å²) in [5.41, 5.74) is 1.28. The molecule has 0 unspecified atom stereocenters. The van der Waals surface area contributed by atoms with Gasteiger partial charge in [0.05, 0.1) is 29.9 Å². The summed E-state index contributed by atoms with van der Waals surface area (Å²) in [5.74, 6) is 1.89. The molecule has 2 N–H and O–H groups in total. The smallest absolute Gasteiger partial charge is 0.161 e. The van der Waals surface area contributed by atoms with Gasteiger partial charge in [0.2, 0.25) is 0 Å². The van der Waals surface area contributed by atoms with Crippen molar-refractivity contribution < 1.29 is 9.84 Å². The van der Waals surface area contributed by atoms with Crippen LogP contribution in [0.15, 0.2) is 36.4 Å². The third-order valence-corrected chi connectivity index (χ3v) is 5.36. The van der Waals surface area contributed by atoms with Crippen LogP contribution in [0.2, 0.25) is 5.02 Å². The molecule has 1 aliphatic rings. The van der Waals surface area contributed by atoms with E-state index < -0.39 is 0 Å². The number of fused-ring (bicyclic) bond motifs is 1. The molecule has 3 aromatic rings. The van der Waals surface area contributed by atoms with E-state index in [1.54, 1.807) is 31.4 Å². The molecular formula is C21H20ClN5O2. The van der Waals surface area contributed by atoms with Crippen LogP contribution in [0.3, 0.4) is 0 Å². The largest absolute Gasteiger partial charge is 0.495 e. The van der Waals surface area contributed by atoms with Gasteiger partial charge in [0.15, 0.2) is 11.6 Å². The number of nitriles is 1. The Balaban J connectivity index is 1.75. The van der Waals surface area contributed by atoms with Crippen molar-refractivity contribution in [3.8, 4) is 11.8 Å². The number of hydrogen-bond donors (Lipinski definition) is 2. The first kappa shape index (κ1) is 19.2. The third kappa shape index (κ3) is 3.90. The first-order valence-electron chi connectivity index (χ1n) is 9.33. The van der Waals surface area contributed by atoms with Crippen molar-refractivity contribution in [2.45, 2.75) is 18.9 Å². The van der Waals surface area contributed by atoms with Crippen molar-refractivity contribution in [3.63, 3.8) is 0 Å². The number of aromatic nitrogens is 2. The summed E-state index contributed by atoms with van der Waals surface area (Å²) in [6.07, 6.45) is 1.13. The Labute approximate surface area is 173 Å². The molecule has 29 heavy (non-hydrogen) atoms. The van der Waals surface area contributed by atoms with Gasteiger partial charge < -0.3 is 20.1 Å². The molecule has 2 heterocycles. The fraction of sp³-hybridized carbons (Fsp3) is 0.286. The zero-order chi connectivity index (χ0) is 20.4.